The quantitative estimate of drug-likeness (QED) is 0.484. The Kier molecular flexibility index (Phi) is 5.51. The summed E-state index contributed by atoms with van der Waals surface area (Å²) in [6, 6.07) is 14.0. The van der Waals surface area contributed by atoms with E-state index in [4.69, 9.17) is 9.47 Å². The van der Waals surface area contributed by atoms with Crippen LogP contribution in [0.1, 0.15) is 29.8 Å². The maximum absolute atomic E-state index is 12.4. The Bertz CT molecular complexity index is 916. The molecule has 2 N–H and O–H groups in total. The first-order chi connectivity index (χ1) is 13.0. The molecule has 0 radical (unpaired) electrons. The van der Waals surface area contributed by atoms with Crippen molar-refractivity contribution in [3.05, 3.63) is 70.9 Å². The number of fused-ring (bicyclic) bond motifs is 1. The number of hydrogen-bond donors (Lipinski definition) is 2. The van der Waals surface area contributed by atoms with Gasteiger partial charge in [-0.05, 0) is 55.3 Å². The van der Waals surface area contributed by atoms with Crippen molar-refractivity contribution in [2.75, 3.05) is 6.79 Å². The van der Waals surface area contributed by atoms with E-state index < -0.39 is 5.91 Å². The van der Waals surface area contributed by atoms with Crippen LogP contribution in [0.3, 0.4) is 0 Å². The summed E-state index contributed by atoms with van der Waals surface area (Å²) in [5.41, 5.74) is 4.45. The van der Waals surface area contributed by atoms with E-state index in [0.29, 0.717) is 22.6 Å². The fourth-order valence-electron chi connectivity index (χ4n) is 2.40. The van der Waals surface area contributed by atoms with Gasteiger partial charge in [0.1, 0.15) is 5.70 Å². The van der Waals surface area contributed by atoms with Crippen LogP contribution in [0.15, 0.2) is 64.9 Å². The number of allylic oxidation sites excluding steroid dienone is 1. The van der Waals surface area contributed by atoms with E-state index in [9.17, 15) is 9.59 Å². The molecule has 0 saturated carbocycles. The highest BCUT2D eigenvalue weighted by molar-refractivity contribution is 6.03. The molecular formula is C20H19N3O4. The highest BCUT2D eigenvalue weighted by Gasteiger charge is 2.15. The van der Waals surface area contributed by atoms with Crippen molar-refractivity contribution in [2.45, 2.75) is 13.8 Å². The van der Waals surface area contributed by atoms with E-state index in [1.165, 1.54) is 6.21 Å². The lowest BCUT2D eigenvalue weighted by Crippen LogP contribution is -2.33. The number of carbonyl (C=O) groups excluding carboxylic acids is 2. The van der Waals surface area contributed by atoms with Crippen molar-refractivity contribution in [1.29, 1.82) is 0 Å². The van der Waals surface area contributed by atoms with Gasteiger partial charge in [-0.25, -0.2) is 5.43 Å². The standard InChI is InChI=1S/C20H19N3O4/c1-13(2)18(22-19(24)15-6-4-3-5-7-15)20(25)23-21-11-14-8-9-16-17(10-14)27-12-26-16/h3-11H,12H2,1-2H3,(H,22,24)(H,23,25)/b21-11-. The van der Waals surface area contributed by atoms with Crippen LogP contribution in [0.2, 0.25) is 0 Å². The molecule has 2 aromatic carbocycles. The summed E-state index contributed by atoms with van der Waals surface area (Å²) in [6.45, 7) is 3.67. The summed E-state index contributed by atoms with van der Waals surface area (Å²) in [5.74, 6) is 0.440. The molecule has 2 amide bonds. The second-order valence-corrected chi connectivity index (χ2v) is 6.01. The van der Waals surface area contributed by atoms with Crippen LogP contribution >= 0.6 is 0 Å². The SMILES string of the molecule is CC(C)=C(NC(=O)c1ccccc1)C(=O)N/N=C\c1ccc2c(c1)OCO2. The van der Waals surface area contributed by atoms with Gasteiger partial charge in [0, 0.05) is 5.56 Å². The van der Waals surface area contributed by atoms with Gasteiger partial charge in [0.05, 0.1) is 6.21 Å². The Hall–Kier alpha value is -3.61. The Balaban J connectivity index is 1.64. The lowest BCUT2D eigenvalue weighted by atomic mass is 10.2. The lowest BCUT2D eigenvalue weighted by molar-refractivity contribution is -0.117. The summed E-state index contributed by atoms with van der Waals surface area (Å²) >= 11 is 0. The normalized spacial score (nSPS) is 11.9. The van der Waals surface area contributed by atoms with Gasteiger partial charge in [-0.1, -0.05) is 18.2 Å². The van der Waals surface area contributed by atoms with E-state index >= 15 is 0 Å². The predicted octanol–water partition coefficient (Wildman–Crippen LogP) is 2.59. The van der Waals surface area contributed by atoms with Crippen LogP contribution in [0.25, 0.3) is 0 Å². The molecule has 0 fully saturated rings. The van der Waals surface area contributed by atoms with Gasteiger partial charge < -0.3 is 14.8 Å². The number of carbonyl (C=O) groups is 2. The van der Waals surface area contributed by atoms with Gasteiger partial charge in [-0.15, -0.1) is 0 Å². The van der Waals surface area contributed by atoms with Crippen molar-refractivity contribution >= 4 is 18.0 Å². The minimum Gasteiger partial charge on any atom is -0.454 e. The fraction of sp³-hybridized carbons (Fsp3) is 0.150. The lowest BCUT2D eigenvalue weighted by Gasteiger charge is -2.10. The van der Waals surface area contributed by atoms with Gasteiger partial charge >= 0.3 is 0 Å². The van der Waals surface area contributed by atoms with E-state index in [1.54, 1.807) is 56.3 Å². The Morgan fingerprint density at radius 3 is 2.52 bits per heavy atom. The molecule has 0 bridgehead atoms. The van der Waals surface area contributed by atoms with Crippen molar-refractivity contribution in [1.82, 2.24) is 10.7 Å². The molecule has 0 aromatic heterocycles. The van der Waals surface area contributed by atoms with Crippen molar-refractivity contribution < 1.29 is 19.1 Å². The predicted molar refractivity (Wildman–Crippen MR) is 101 cm³/mol. The largest absolute Gasteiger partial charge is 0.454 e. The molecule has 0 aliphatic carbocycles. The molecule has 3 rings (SSSR count). The van der Waals surface area contributed by atoms with Gasteiger partial charge in [0.15, 0.2) is 11.5 Å². The summed E-state index contributed by atoms with van der Waals surface area (Å²) in [5, 5.41) is 6.58. The van der Waals surface area contributed by atoms with E-state index in [-0.39, 0.29) is 18.4 Å². The molecule has 2 aromatic rings. The van der Waals surface area contributed by atoms with Crippen LogP contribution in [0.4, 0.5) is 0 Å². The Morgan fingerprint density at radius 1 is 1.04 bits per heavy atom. The third-order valence-corrected chi connectivity index (χ3v) is 3.78. The molecule has 1 aliphatic rings. The first kappa shape index (κ1) is 18.2. The molecule has 0 spiro atoms. The van der Waals surface area contributed by atoms with Gasteiger partial charge in [-0.3, -0.25) is 9.59 Å². The van der Waals surface area contributed by atoms with Gasteiger partial charge in [-0.2, -0.15) is 5.10 Å². The van der Waals surface area contributed by atoms with Crippen LogP contribution in [0, 0.1) is 0 Å². The maximum atomic E-state index is 12.4. The van der Waals surface area contributed by atoms with E-state index in [1.807, 2.05) is 6.07 Å². The first-order valence-electron chi connectivity index (χ1n) is 8.31. The summed E-state index contributed by atoms with van der Waals surface area (Å²) in [4.78, 5) is 24.7. The van der Waals surface area contributed by atoms with Crippen LogP contribution in [0.5, 0.6) is 11.5 Å². The zero-order chi connectivity index (χ0) is 19.2. The monoisotopic (exact) mass is 365 g/mol. The molecule has 27 heavy (non-hydrogen) atoms. The molecule has 1 heterocycles. The fourth-order valence-corrected chi connectivity index (χ4v) is 2.40. The zero-order valence-corrected chi connectivity index (χ0v) is 15.0. The zero-order valence-electron chi connectivity index (χ0n) is 15.0. The van der Waals surface area contributed by atoms with Crippen LogP contribution in [-0.4, -0.2) is 24.8 Å². The number of nitrogens with one attached hydrogen (secondary N) is 2. The average Bonchev–Trinajstić information content (AvgIpc) is 3.14. The minimum absolute atomic E-state index is 0.159. The molecular weight excluding hydrogens is 346 g/mol. The van der Waals surface area contributed by atoms with Crippen LogP contribution in [-0.2, 0) is 4.79 Å². The van der Waals surface area contributed by atoms with Gasteiger partial charge in [0.2, 0.25) is 6.79 Å². The summed E-state index contributed by atoms with van der Waals surface area (Å²) < 4.78 is 10.5. The molecule has 7 heteroatoms. The number of rotatable bonds is 5. The molecule has 138 valence electrons. The van der Waals surface area contributed by atoms with Crippen LogP contribution < -0.4 is 20.2 Å². The molecule has 1 aliphatic heterocycles. The Morgan fingerprint density at radius 2 is 1.78 bits per heavy atom. The maximum Gasteiger partial charge on any atom is 0.287 e. The van der Waals surface area contributed by atoms with E-state index in [2.05, 4.69) is 15.8 Å². The number of nitrogens with zero attached hydrogens (tertiary/aromatic N) is 1. The number of ether oxygens (including phenoxy) is 2. The highest BCUT2D eigenvalue weighted by Crippen LogP contribution is 2.31. The van der Waals surface area contributed by atoms with Crippen molar-refractivity contribution in [3.8, 4) is 11.5 Å². The van der Waals surface area contributed by atoms with Crippen molar-refractivity contribution in [2.24, 2.45) is 5.10 Å². The van der Waals surface area contributed by atoms with E-state index in [0.717, 1.165) is 5.56 Å². The topological polar surface area (TPSA) is 89.0 Å². The molecule has 0 unspecified atom stereocenters. The third kappa shape index (κ3) is 4.52. The summed E-state index contributed by atoms with van der Waals surface area (Å²) in [7, 11) is 0. The Labute approximate surface area is 156 Å². The number of amides is 2. The third-order valence-electron chi connectivity index (χ3n) is 3.78. The molecule has 7 nitrogen and oxygen atoms in total. The molecule has 0 saturated heterocycles. The highest BCUT2D eigenvalue weighted by atomic mass is 16.7. The smallest absolute Gasteiger partial charge is 0.287 e. The average molecular weight is 365 g/mol. The summed E-state index contributed by atoms with van der Waals surface area (Å²) in [6.07, 6.45) is 1.49. The number of hydrogen-bond acceptors (Lipinski definition) is 5. The van der Waals surface area contributed by atoms with Gasteiger partial charge in [0.25, 0.3) is 11.8 Å². The number of hydrazone groups is 1. The molecule has 0 atom stereocenters. The second kappa shape index (κ2) is 8.18. The minimum atomic E-state index is -0.503. The first-order valence-corrected chi connectivity index (χ1v) is 8.31. The van der Waals surface area contributed by atoms with Crippen molar-refractivity contribution in [3.63, 3.8) is 0 Å². The number of benzene rings is 2. The second-order valence-electron chi connectivity index (χ2n) is 6.01.